The van der Waals surface area contributed by atoms with E-state index in [1.54, 1.807) is 30.7 Å². The molecule has 2 aromatic heterocycles. The first kappa shape index (κ1) is 20.9. The lowest BCUT2D eigenvalue weighted by Crippen LogP contribution is -2.43. The topological polar surface area (TPSA) is 62.3 Å². The van der Waals surface area contributed by atoms with Gasteiger partial charge < -0.3 is 20.3 Å². The maximum atomic E-state index is 14.0. The second-order valence-electron chi connectivity index (χ2n) is 7.28. The van der Waals surface area contributed by atoms with Crippen molar-refractivity contribution in [2.24, 2.45) is 0 Å². The highest BCUT2D eigenvalue weighted by Crippen LogP contribution is 2.29. The van der Waals surface area contributed by atoms with Crippen LogP contribution in [-0.2, 0) is 0 Å². The van der Waals surface area contributed by atoms with Gasteiger partial charge in [0.2, 0.25) is 0 Å². The molecular formula is C23H23ClFN5O. The molecule has 0 saturated carbocycles. The summed E-state index contributed by atoms with van der Waals surface area (Å²) < 4.78 is 19.7. The van der Waals surface area contributed by atoms with E-state index in [2.05, 4.69) is 32.1 Å². The Hall–Kier alpha value is -3.32. The number of pyridine rings is 2. The molecule has 4 rings (SSSR count). The normalized spacial score (nSPS) is 14.2. The van der Waals surface area contributed by atoms with Gasteiger partial charge in [0, 0.05) is 42.6 Å². The third kappa shape index (κ3) is 5.64. The Kier molecular flexibility index (Phi) is 6.52. The number of hydrogen-bond donors (Lipinski definition) is 2. The van der Waals surface area contributed by atoms with E-state index in [-0.39, 0.29) is 5.75 Å². The molecule has 31 heavy (non-hydrogen) atoms. The van der Waals surface area contributed by atoms with Crippen LogP contribution in [0.15, 0.2) is 73.5 Å². The number of rotatable bonds is 7. The highest BCUT2D eigenvalue weighted by Gasteiger charge is 2.21. The van der Waals surface area contributed by atoms with Crippen molar-refractivity contribution in [2.45, 2.75) is 18.9 Å². The van der Waals surface area contributed by atoms with E-state index in [4.69, 9.17) is 16.3 Å². The van der Waals surface area contributed by atoms with Crippen molar-refractivity contribution in [3.05, 3.63) is 84.3 Å². The van der Waals surface area contributed by atoms with Crippen LogP contribution in [-0.4, -0.2) is 29.1 Å². The highest BCUT2D eigenvalue weighted by atomic mass is 35.5. The van der Waals surface area contributed by atoms with Crippen molar-refractivity contribution < 1.29 is 9.13 Å². The van der Waals surface area contributed by atoms with Gasteiger partial charge in [-0.3, -0.25) is 4.98 Å². The molecule has 2 N–H and O–H groups in total. The average Bonchev–Trinajstić information content (AvgIpc) is 2.77. The summed E-state index contributed by atoms with van der Waals surface area (Å²) in [6, 6.07) is 12.0. The molecule has 1 fully saturated rings. The number of hydrogen-bond acceptors (Lipinski definition) is 6. The predicted octanol–water partition coefficient (Wildman–Crippen LogP) is 5.20. The van der Waals surface area contributed by atoms with Crippen molar-refractivity contribution in [1.82, 2.24) is 15.3 Å². The van der Waals surface area contributed by atoms with Gasteiger partial charge in [-0.05, 0) is 49.2 Å². The third-order valence-corrected chi connectivity index (χ3v) is 5.23. The van der Waals surface area contributed by atoms with Gasteiger partial charge in [-0.15, -0.1) is 0 Å². The number of nitrogens with zero attached hydrogens (tertiary/aromatic N) is 3. The van der Waals surface area contributed by atoms with E-state index < -0.39 is 5.82 Å². The molecule has 3 aromatic rings. The Labute approximate surface area is 185 Å². The second-order valence-corrected chi connectivity index (χ2v) is 7.71. The van der Waals surface area contributed by atoms with Gasteiger partial charge in [-0.1, -0.05) is 18.2 Å². The number of nitrogens with one attached hydrogen (secondary N) is 2. The molecular weight excluding hydrogens is 417 g/mol. The average molecular weight is 440 g/mol. The summed E-state index contributed by atoms with van der Waals surface area (Å²) in [5.41, 5.74) is 0.899. The molecule has 1 aliphatic rings. The Balaban J connectivity index is 1.31. The van der Waals surface area contributed by atoms with E-state index >= 15 is 0 Å². The molecule has 160 valence electrons. The van der Waals surface area contributed by atoms with Gasteiger partial charge in [0.1, 0.15) is 11.6 Å². The summed E-state index contributed by atoms with van der Waals surface area (Å²) in [6.07, 6.45) is 7.03. The molecule has 0 aliphatic carbocycles. The Morgan fingerprint density at radius 2 is 2.00 bits per heavy atom. The zero-order chi connectivity index (χ0) is 21.6. The van der Waals surface area contributed by atoms with Crippen LogP contribution in [0.25, 0.3) is 0 Å². The van der Waals surface area contributed by atoms with Crippen LogP contribution >= 0.6 is 11.6 Å². The summed E-state index contributed by atoms with van der Waals surface area (Å²) in [7, 11) is 0. The Morgan fingerprint density at radius 1 is 1.16 bits per heavy atom. The molecule has 1 aliphatic heterocycles. The monoisotopic (exact) mass is 439 g/mol. The molecule has 1 saturated heterocycles. The lowest BCUT2D eigenvalue weighted by atomic mass is 10.1. The third-order valence-electron chi connectivity index (χ3n) is 4.99. The van der Waals surface area contributed by atoms with Crippen LogP contribution in [0.5, 0.6) is 11.5 Å². The number of anilines is 2. The van der Waals surface area contributed by atoms with Crippen molar-refractivity contribution in [3.8, 4) is 11.5 Å². The fraction of sp³-hybridized carbons (Fsp3) is 0.217. The fourth-order valence-corrected chi connectivity index (χ4v) is 3.63. The van der Waals surface area contributed by atoms with Crippen LogP contribution in [0, 0.1) is 5.82 Å². The van der Waals surface area contributed by atoms with Crippen LogP contribution in [0.3, 0.4) is 0 Å². The zero-order valence-corrected chi connectivity index (χ0v) is 17.6. The number of halogens is 2. The zero-order valence-electron chi connectivity index (χ0n) is 16.9. The maximum absolute atomic E-state index is 14.0. The number of aromatic nitrogens is 2. The Bertz CT molecular complexity index is 1040. The summed E-state index contributed by atoms with van der Waals surface area (Å²) in [5, 5.41) is 6.99. The number of benzene rings is 1. The van der Waals surface area contributed by atoms with Crippen LogP contribution in [0.2, 0.25) is 5.02 Å². The Morgan fingerprint density at radius 3 is 2.74 bits per heavy atom. The molecule has 8 heteroatoms. The summed E-state index contributed by atoms with van der Waals surface area (Å²) >= 11 is 5.80. The van der Waals surface area contributed by atoms with Gasteiger partial charge in [-0.2, -0.15) is 0 Å². The molecule has 0 unspecified atom stereocenters. The first-order chi connectivity index (χ1) is 15.1. The summed E-state index contributed by atoms with van der Waals surface area (Å²) in [6.45, 7) is 5.73. The fourth-order valence-electron chi connectivity index (χ4n) is 3.47. The van der Waals surface area contributed by atoms with Crippen molar-refractivity contribution >= 4 is 23.1 Å². The lowest BCUT2D eigenvalue weighted by Gasteiger charge is -2.34. The minimum Gasteiger partial charge on any atom is -0.454 e. The molecule has 0 spiro atoms. The van der Waals surface area contributed by atoms with E-state index in [9.17, 15) is 4.39 Å². The molecule has 0 radical (unpaired) electrons. The van der Waals surface area contributed by atoms with Gasteiger partial charge in [0.05, 0.1) is 17.7 Å². The molecule has 0 amide bonds. The molecule has 0 bridgehead atoms. The first-order valence-electron chi connectivity index (χ1n) is 10.0. The SMILES string of the molecule is C=C(Nc1cccnc1)NC1CCN(c2cc(Oc3ccc(Cl)cc3F)ccn2)CC1. The van der Waals surface area contributed by atoms with Gasteiger partial charge in [0.25, 0.3) is 0 Å². The van der Waals surface area contributed by atoms with Crippen LogP contribution in [0.4, 0.5) is 15.9 Å². The summed E-state index contributed by atoms with van der Waals surface area (Å²) in [5.74, 6) is 1.71. The number of piperidine rings is 1. The number of ether oxygens (including phenoxy) is 1. The second kappa shape index (κ2) is 9.66. The quantitative estimate of drug-likeness (QED) is 0.527. The minimum atomic E-state index is -0.502. The van der Waals surface area contributed by atoms with Crippen molar-refractivity contribution in [1.29, 1.82) is 0 Å². The molecule has 3 heterocycles. The van der Waals surface area contributed by atoms with Crippen molar-refractivity contribution in [3.63, 3.8) is 0 Å². The largest absolute Gasteiger partial charge is 0.454 e. The minimum absolute atomic E-state index is 0.129. The molecule has 0 atom stereocenters. The van der Waals surface area contributed by atoms with E-state index in [1.807, 2.05) is 18.2 Å². The van der Waals surface area contributed by atoms with Gasteiger partial charge >= 0.3 is 0 Å². The highest BCUT2D eigenvalue weighted by molar-refractivity contribution is 6.30. The maximum Gasteiger partial charge on any atom is 0.167 e. The van der Waals surface area contributed by atoms with Crippen LogP contribution in [0.1, 0.15) is 12.8 Å². The first-order valence-corrected chi connectivity index (χ1v) is 10.4. The van der Waals surface area contributed by atoms with Gasteiger partial charge in [-0.25, -0.2) is 9.37 Å². The standard InChI is InChI=1S/C23H23ClFN5O/c1-16(29-19-3-2-9-26-15-19)28-18-7-11-30(12-8-18)23-14-20(6-10-27-23)31-22-5-4-17(24)13-21(22)25/h2-6,9-10,13-15,18,28-29H,1,7-8,11-12H2. The van der Waals surface area contributed by atoms with Crippen LogP contribution < -0.4 is 20.3 Å². The lowest BCUT2D eigenvalue weighted by molar-refractivity contribution is 0.436. The smallest absolute Gasteiger partial charge is 0.167 e. The summed E-state index contributed by atoms with van der Waals surface area (Å²) in [4.78, 5) is 10.7. The predicted molar refractivity (Wildman–Crippen MR) is 121 cm³/mol. The van der Waals surface area contributed by atoms with Gasteiger partial charge in [0.15, 0.2) is 11.6 Å². The van der Waals surface area contributed by atoms with E-state index in [0.29, 0.717) is 16.8 Å². The van der Waals surface area contributed by atoms with Crippen molar-refractivity contribution in [2.75, 3.05) is 23.3 Å². The van der Waals surface area contributed by atoms with E-state index in [1.165, 1.54) is 12.1 Å². The molecule has 6 nitrogen and oxygen atoms in total. The van der Waals surface area contributed by atoms with E-state index in [0.717, 1.165) is 43.3 Å². The molecule has 1 aromatic carbocycles.